The lowest BCUT2D eigenvalue weighted by molar-refractivity contribution is 0.628. The normalized spacial score (nSPS) is 9.79. The van der Waals surface area contributed by atoms with Gasteiger partial charge in [0.05, 0.1) is 0 Å². The lowest BCUT2D eigenvalue weighted by Crippen LogP contribution is -2.14. The monoisotopic (exact) mass is 257 g/mol. The van der Waals surface area contributed by atoms with Crippen molar-refractivity contribution in [2.75, 3.05) is 23.9 Å². The molecule has 0 fully saturated rings. The average Bonchev–Trinajstić information content (AvgIpc) is 2.46. The van der Waals surface area contributed by atoms with Crippen molar-refractivity contribution in [3.63, 3.8) is 0 Å². The molecule has 96 valence electrons. The summed E-state index contributed by atoms with van der Waals surface area (Å²) in [5, 5.41) is 8.83. The number of hydrogen-bond acceptors (Lipinski definition) is 5. The van der Waals surface area contributed by atoms with E-state index in [1.165, 1.54) is 23.4 Å². The van der Waals surface area contributed by atoms with Gasteiger partial charge in [-0.15, -0.1) is 0 Å². The molecule has 0 saturated carbocycles. The number of nitriles is 1. The Bertz CT molecular complexity index is 605. The molecule has 1 aromatic heterocycles. The van der Waals surface area contributed by atoms with E-state index in [0.717, 1.165) is 5.69 Å². The Kier molecular flexibility index (Phi) is 3.57. The highest BCUT2D eigenvalue weighted by molar-refractivity contribution is 5.62. The zero-order valence-electron chi connectivity index (χ0n) is 10.6. The molecular weight excluding hydrogens is 245 g/mol. The number of halogens is 1. The van der Waals surface area contributed by atoms with Crippen LogP contribution in [-0.2, 0) is 0 Å². The van der Waals surface area contributed by atoms with Crippen LogP contribution in [0, 0.1) is 17.3 Å². The molecule has 2 aromatic rings. The van der Waals surface area contributed by atoms with Crippen LogP contribution in [0.4, 0.5) is 21.7 Å². The van der Waals surface area contributed by atoms with Gasteiger partial charge < -0.3 is 4.90 Å². The van der Waals surface area contributed by atoms with Crippen molar-refractivity contribution in [3.8, 4) is 6.19 Å². The van der Waals surface area contributed by atoms with Gasteiger partial charge in [0.1, 0.15) is 23.8 Å². The standard InChI is InChI=1S/C13H12FN5/c1-18(8-15)12-7-13(17-9-16-12)19(2)11-5-3-10(14)4-6-11/h3-7,9H,1-2H3. The fourth-order valence-corrected chi connectivity index (χ4v) is 1.55. The molecule has 1 aromatic carbocycles. The average molecular weight is 257 g/mol. The van der Waals surface area contributed by atoms with Crippen molar-refractivity contribution in [2.24, 2.45) is 0 Å². The van der Waals surface area contributed by atoms with Crippen LogP contribution >= 0.6 is 0 Å². The van der Waals surface area contributed by atoms with Crippen molar-refractivity contribution in [2.45, 2.75) is 0 Å². The van der Waals surface area contributed by atoms with Gasteiger partial charge in [0.25, 0.3) is 0 Å². The molecule has 0 N–H and O–H groups in total. The number of anilines is 3. The van der Waals surface area contributed by atoms with Crippen LogP contribution in [0.1, 0.15) is 0 Å². The first-order valence-corrected chi connectivity index (χ1v) is 5.56. The molecule has 5 nitrogen and oxygen atoms in total. The molecule has 0 aliphatic rings. The molecule has 6 heteroatoms. The second-order valence-corrected chi connectivity index (χ2v) is 3.93. The second kappa shape index (κ2) is 5.31. The highest BCUT2D eigenvalue weighted by Crippen LogP contribution is 2.23. The molecule has 0 saturated heterocycles. The van der Waals surface area contributed by atoms with Crippen molar-refractivity contribution in [1.82, 2.24) is 9.97 Å². The highest BCUT2D eigenvalue weighted by atomic mass is 19.1. The van der Waals surface area contributed by atoms with Crippen LogP contribution in [0.5, 0.6) is 0 Å². The summed E-state index contributed by atoms with van der Waals surface area (Å²) in [6.07, 6.45) is 3.36. The summed E-state index contributed by atoms with van der Waals surface area (Å²) in [5.41, 5.74) is 0.797. The zero-order chi connectivity index (χ0) is 13.8. The van der Waals surface area contributed by atoms with E-state index in [1.54, 1.807) is 30.1 Å². The van der Waals surface area contributed by atoms with Crippen molar-refractivity contribution in [3.05, 3.63) is 42.5 Å². The topological polar surface area (TPSA) is 56.1 Å². The van der Waals surface area contributed by atoms with E-state index in [-0.39, 0.29) is 5.82 Å². The van der Waals surface area contributed by atoms with Gasteiger partial charge in [-0.2, -0.15) is 5.26 Å². The quantitative estimate of drug-likeness (QED) is 0.623. The Balaban J connectivity index is 2.31. The molecule has 0 spiro atoms. The summed E-state index contributed by atoms with van der Waals surface area (Å²) in [5.74, 6) is 0.838. The van der Waals surface area contributed by atoms with Crippen molar-refractivity contribution < 1.29 is 4.39 Å². The number of aromatic nitrogens is 2. The third-order valence-electron chi connectivity index (χ3n) is 2.69. The van der Waals surface area contributed by atoms with Gasteiger partial charge >= 0.3 is 0 Å². The van der Waals surface area contributed by atoms with E-state index in [2.05, 4.69) is 9.97 Å². The van der Waals surface area contributed by atoms with Gasteiger partial charge in [0.2, 0.25) is 0 Å². The molecule has 0 unspecified atom stereocenters. The largest absolute Gasteiger partial charge is 0.329 e. The lowest BCUT2D eigenvalue weighted by atomic mass is 10.3. The molecule has 0 radical (unpaired) electrons. The molecule has 1 heterocycles. The summed E-state index contributed by atoms with van der Waals surface area (Å²) in [6, 6.07) is 7.77. The maximum Gasteiger partial charge on any atom is 0.185 e. The summed E-state index contributed by atoms with van der Waals surface area (Å²) in [4.78, 5) is 11.3. The van der Waals surface area contributed by atoms with Gasteiger partial charge in [-0.3, -0.25) is 4.90 Å². The van der Waals surface area contributed by atoms with Gasteiger partial charge in [-0.1, -0.05) is 0 Å². The van der Waals surface area contributed by atoms with E-state index >= 15 is 0 Å². The molecule has 0 aliphatic carbocycles. The fourth-order valence-electron chi connectivity index (χ4n) is 1.55. The minimum atomic E-state index is -0.287. The predicted octanol–water partition coefficient (Wildman–Crippen LogP) is 2.30. The first kappa shape index (κ1) is 12.8. The number of nitrogens with zero attached hydrogens (tertiary/aromatic N) is 5. The third-order valence-corrected chi connectivity index (χ3v) is 2.69. The van der Waals surface area contributed by atoms with E-state index in [1.807, 2.05) is 13.2 Å². The zero-order valence-corrected chi connectivity index (χ0v) is 10.6. The lowest BCUT2D eigenvalue weighted by Gasteiger charge is -2.19. The van der Waals surface area contributed by atoms with E-state index < -0.39 is 0 Å². The van der Waals surface area contributed by atoms with Gasteiger partial charge in [0, 0.05) is 25.8 Å². The summed E-state index contributed by atoms with van der Waals surface area (Å²) in [6.45, 7) is 0. The van der Waals surface area contributed by atoms with Crippen molar-refractivity contribution >= 4 is 17.3 Å². The maximum absolute atomic E-state index is 12.9. The molecule has 0 atom stereocenters. The Morgan fingerprint density at radius 2 is 1.74 bits per heavy atom. The first-order valence-electron chi connectivity index (χ1n) is 5.56. The van der Waals surface area contributed by atoms with Crippen molar-refractivity contribution in [1.29, 1.82) is 5.26 Å². The van der Waals surface area contributed by atoms with Gasteiger partial charge in [-0.25, -0.2) is 14.4 Å². The predicted molar refractivity (Wildman–Crippen MR) is 70.5 cm³/mol. The Labute approximate surface area is 110 Å². The van der Waals surface area contributed by atoms with Crippen LogP contribution in [0.3, 0.4) is 0 Å². The van der Waals surface area contributed by atoms with E-state index in [0.29, 0.717) is 11.6 Å². The molecule has 0 aliphatic heterocycles. The molecule has 19 heavy (non-hydrogen) atoms. The van der Waals surface area contributed by atoms with E-state index in [4.69, 9.17) is 5.26 Å². The summed E-state index contributed by atoms with van der Waals surface area (Å²) >= 11 is 0. The van der Waals surface area contributed by atoms with Crippen LogP contribution in [0.25, 0.3) is 0 Å². The minimum Gasteiger partial charge on any atom is -0.329 e. The van der Waals surface area contributed by atoms with Crippen LogP contribution in [-0.4, -0.2) is 24.1 Å². The fraction of sp³-hybridized carbons (Fsp3) is 0.154. The summed E-state index contributed by atoms with van der Waals surface area (Å²) < 4.78 is 12.9. The molecule has 2 rings (SSSR count). The first-order chi connectivity index (χ1) is 9.11. The van der Waals surface area contributed by atoms with Gasteiger partial charge in [0.15, 0.2) is 6.19 Å². The SMILES string of the molecule is CN(C#N)c1cc(N(C)c2ccc(F)cc2)ncn1. The van der Waals surface area contributed by atoms with Crippen LogP contribution < -0.4 is 9.80 Å². The minimum absolute atomic E-state index is 0.287. The second-order valence-electron chi connectivity index (χ2n) is 3.93. The summed E-state index contributed by atoms with van der Waals surface area (Å²) in [7, 11) is 3.43. The highest BCUT2D eigenvalue weighted by Gasteiger charge is 2.09. The Hall–Kier alpha value is -2.68. The van der Waals surface area contributed by atoms with Crippen LogP contribution in [0.15, 0.2) is 36.7 Å². The Morgan fingerprint density at radius 3 is 2.37 bits per heavy atom. The Morgan fingerprint density at radius 1 is 1.11 bits per heavy atom. The molecule has 0 bridgehead atoms. The maximum atomic E-state index is 12.9. The van der Waals surface area contributed by atoms with E-state index in [9.17, 15) is 4.39 Å². The molecule has 0 amide bonds. The van der Waals surface area contributed by atoms with Crippen LogP contribution in [0.2, 0.25) is 0 Å². The number of rotatable bonds is 3. The third kappa shape index (κ3) is 2.77. The number of hydrogen-bond donors (Lipinski definition) is 0. The number of benzene rings is 1. The smallest absolute Gasteiger partial charge is 0.185 e. The van der Waals surface area contributed by atoms with Gasteiger partial charge in [-0.05, 0) is 24.3 Å². The molecular formula is C13H12FN5.